The highest BCUT2D eigenvalue weighted by Gasteiger charge is 2.42. The van der Waals surface area contributed by atoms with Gasteiger partial charge in [-0.15, -0.1) is 0 Å². The van der Waals surface area contributed by atoms with E-state index in [1.165, 1.54) is 12.0 Å². The first-order valence-electron chi connectivity index (χ1n) is 9.20. The fraction of sp³-hybridized carbons (Fsp3) is 0.778. The number of carbonyl (C=O) groups excluding carboxylic acids is 1. The summed E-state index contributed by atoms with van der Waals surface area (Å²) in [6, 6.07) is 0.389. The third-order valence-electron chi connectivity index (χ3n) is 5.94. The van der Waals surface area contributed by atoms with Crippen LogP contribution < -0.4 is 5.32 Å². The fourth-order valence-electron chi connectivity index (χ4n) is 4.10. The maximum Gasteiger partial charge on any atom is 0.249 e. The fourth-order valence-corrected chi connectivity index (χ4v) is 4.10. The summed E-state index contributed by atoms with van der Waals surface area (Å²) in [5.74, 6) is 1.52. The lowest BCUT2D eigenvalue weighted by Crippen LogP contribution is -2.45. The smallest absolute Gasteiger partial charge is 0.249 e. The topological polar surface area (TPSA) is 67.6 Å². The molecular weight excluding hydrogens is 306 g/mol. The summed E-state index contributed by atoms with van der Waals surface area (Å²) in [5, 5.41) is 7.17. The Hall–Kier alpha value is -1.40. The second-order valence-corrected chi connectivity index (χ2v) is 7.62. The number of hydrogen-bond donors (Lipinski definition) is 1. The van der Waals surface area contributed by atoms with Gasteiger partial charge < -0.3 is 14.6 Å². The molecule has 1 N–H and O–H groups in total. The molecule has 0 radical (unpaired) electrons. The van der Waals surface area contributed by atoms with Crippen LogP contribution in [0.4, 0.5) is 0 Å². The molecule has 3 heterocycles. The van der Waals surface area contributed by atoms with E-state index in [9.17, 15) is 4.79 Å². The number of aromatic nitrogens is 1. The molecule has 24 heavy (non-hydrogen) atoms. The Bertz CT molecular complexity index is 591. The highest BCUT2D eigenvalue weighted by molar-refractivity contribution is 5.81. The van der Waals surface area contributed by atoms with Gasteiger partial charge in [0.05, 0.1) is 11.8 Å². The van der Waals surface area contributed by atoms with Crippen molar-refractivity contribution in [3.63, 3.8) is 0 Å². The summed E-state index contributed by atoms with van der Waals surface area (Å²) in [6.07, 6.45) is 5.38. The zero-order chi connectivity index (χ0) is 16.7. The number of amides is 1. The van der Waals surface area contributed by atoms with Crippen LogP contribution >= 0.6 is 0 Å². The molecule has 1 aromatic rings. The number of carbonyl (C=O) groups is 1. The van der Waals surface area contributed by atoms with Crippen LogP contribution in [0.5, 0.6) is 0 Å². The lowest BCUT2D eigenvalue weighted by Gasteiger charge is -2.33. The maximum atomic E-state index is 12.3. The van der Waals surface area contributed by atoms with Crippen molar-refractivity contribution in [2.75, 3.05) is 13.1 Å². The molecule has 6 heteroatoms. The Morgan fingerprint density at radius 3 is 2.83 bits per heavy atom. The SMILES string of the molecule is Cc1noc(C)c1CN1CC[C@H]2C[C@@H](C(=O)NC3CCC3)O[C@@H]2C1. The van der Waals surface area contributed by atoms with Crippen molar-refractivity contribution < 1.29 is 14.1 Å². The zero-order valence-corrected chi connectivity index (χ0v) is 14.6. The molecule has 2 saturated heterocycles. The van der Waals surface area contributed by atoms with Crippen LogP contribution in [0, 0.1) is 19.8 Å². The molecule has 0 bridgehead atoms. The number of aryl methyl sites for hydroxylation is 2. The molecule has 6 nitrogen and oxygen atoms in total. The molecule has 3 aliphatic rings. The van der Waals surface area contributed by atoms with Gasteiger partial charge in [-0.1, -0.05) is 5.16 Å². The van der Waals surface area contributed by atoms with E-state index in [2.05, 4.69) is 15.4 Å². The number of nitrogens with one attached hydrogen (secondary N) is 1. The van der Waals surface area contributed by atoms with Crippen molar-refractivity contribution >= 4 is 5.91 Å². The van der Waals surface area contributed by atoms with Crippen LogP contribution in [0.25, 0.3) is 0 Å². The number of likely N-dealkylation sites (tertiary alicyclic amines) is 1. The maximum absolute atomic E-state index is 12.3. The molecule has 4 rings (SSSR count). The molecule has 3 atom stereocenters. The summed E-state index contributed by atoms with van der Waals surface area (Å²) < 4.78 is 11.4. The van der Waals surface area contributed by atoms with E-state index in [0.717, 1.165) is 56.8 Å². The van der Waals surface area contributed by atoms with Gasteiger partial charge >= 0.3 is 0 Å². The minimum absolute atomic E-state index is 0.103. The largest absolute Gasteiger partial charge is 0.364 e. The molecule has 0 aromatic carbocycles. The van der Waals surface area contributed by atoms with E-state index in [0.29, 0.717) is 12.0 Å². The Balaban J connectivity index is 1.33. The van der Waals surface area contributed by atoms with Gasteiger partial charge in [-0.2, -0.15) is 0 Å². The van der Waals surface area contributed by atoms with Crippen LogP contribution in [-0.4, -0.2) is 47.3 Å². The summed E-state index contributed by atoms with van der Waals surface area (Å²) in [4.78, 5) is 14.8. The van der Waals surface area contributed by atoms with Crippen LogP contribution in [-0.2, 0) is 16.1 Å². The Morgan fingerprint density at radius 1 is 1.33 bits per heavy atom. The molecule has 0 unspecified atom stereocenters. The third kappa shape index (κ3) is 3.09. The number of rotatable bonds is 4. The Kier molecular flexibility index (Phi) is 4.35. The first kappa shape index (κ1) is 16.1. The van der Waals surface area contributed by atoms with Gasteiger partial charge in [0.2, 0.25) is 5.91 Å². The molecule has 132 valence electrons. The summed E-state index contributed by atoms with van der Waals surface area (Å²) in [7, 11) is 0. The van der Waals surface area contributed by atoms with Crippen molar-refractivity contribution in [3.8, 4) is 0 Å². The first-order chi connectivity index (χ1) is 11.6. The standard InChI is InChI=1S/C18H27N3O3/c1-11-15(12(2)24-20-11)9-21-7-6-13-8-16(23-17(13)10-21)18(22)19-14-4-3-5-14/h13-14,16-17H,3-10H2,1-2H3,(H,19,22)/t13-,16-,17+/m0/s1. The summed E-state index contributed by atoms with van der Waals surface area (Å²) in [5.41, 5.74) is 2.16. The van der Waals surface area contributed by atoms with Gasteiger partial charge in [-0.05, 0) is 58.4 Å². The van der Waals surface area contributed by atoms with Crippen molar-refractivity contribution in [3.05, 3.63) is 17.0 Å². The van der Waals surface area contributed by atoms with E-state index < -0.39 is 0 Å². The third-order valence-corrected chi connectivity index (χ3v) is 5.94. The van der Waals surface area contributed by atoms with Gasteiger partial charge in [0, 0.05) is 24.7 Å². The van der Waals surface area contributed by atoms with Crippen molar-refractivity contribution in [2.24, 2.45) is 5.92 Å². The predicted octanol–water partition coefficient (Wildman–Crippen LogP) is 1.94. The highest BCUT2D eigenvalue weighted by atomic mass is 16.5. The van der Waals surface area contributed by atoms with Crippen LogP contribution in [0.3, 0.4) is 0 Å². The lowest BCUT2D eigenvalue weighted by atomic mass is 9.90. The lowest BCUT2D eigenvalue weighted by molar-refractivity contribution is -0.134. The molecule has 1 aliphatic carbocycles. The van der Waals surface area contributed by atoms with Gasteiger partial charge in [-0.25, -0.2) is 0 Å². The molecule has 1 amide bonds. The number of nitrogens with zero attached hydrogens (tertiary/aromatic N) is 2. The molecule has 2 aliphatic heterocycles. The van der Waals surface area contributed by atoms with Crippen molar-refractivity contribution in [1.29, 1.82) is 0 Å². The molecule has 1 saturated carbocycles. The average Bonchev–Trinajstić information content (AvgIpc) is 3.08. The van der Waals surface area contributed by atoms with Gasteiger partial charge in [0.15, 0.2) is 0 Å². The highest BCUT2D eigenvalue weighted by Crippen LogP contribution is 2.34. The number of ether oxygens (including phenoxy) is 1. The van der Waals surface area contributed by atoms with Crippen LogP contribution in [0.15, 0.2) is 4.52 Å². The van der Waals surface area contributed by atoms with E-state index in [1.54, 1.807) is 0 Å². The number of hydrogen-bond acceptors (Lipinski definition) is 5. The van der Waals surface area contributed by atoms with Crippen molar-refractivity contribution in [1.82, 2.24) is 15.4 Å². The van der Waals surface area contributed by atoms with Gasteiger partial charge in [0.1, 0.15) is 11.9 Å². The van der Waals surface area contributed by atoms with E-state index in [-0.39, 0.29) is 18.1 Å². The Morgan fingerprint density at radius 2 is 2.17 bits per heavy atom. The predicted molar refractivity (Wildman–Crippen MR) is 88.4 cm³/mol. The summed E-state index contributed by atoms with van der Waals surface area (Å²) >= 11 is 0. The molecule has 0 spiro atoms. The van der Waals surface area contributed by atoms with E-state index in [1.807, 2.05) is 13.8 Å². The normalized spacial score (nSPS) is 30.8. The first-order valence-corrected chi connectivity index (χ1v) is 9.20. The molecule has 3 fully saturated rings. The minimum atomic E-state index is -0.250. The Labute approximate surface area is 142 Å². The van der Waals surface area contributed by atoms with Crippen LogP contribution in [0.1, 0.15) is 49.1 Å². The van der Waals surface area contributed by atoms with Gasteiger partial charge in [-0.3, -0.25) is 9.69 Å². The molecular formula is C18H27N3O3. The van der Waals surface area contributed by atoms with E-state index >= 15 is 0 Å². The minimum Gasteiger partial charge on any atom is -0.364 e. The quantitative estimate of drug-likeness (QED) is 0.912. The average molecular weight is 333 g/mol. The van der Waals surface area contributed by atoms with Crippen LogP contribution in [0.2, 0.25) is 0 Å². The van der Waals surface area contributed by atoms with Gasteiger partial charge in [0.25, 0.3) is 0 Å². The second-order valence-electron chi connectivity index (χ2n) is 7.62. The molecule has 1 aromatic heterocycles. The second kappa shape index (κ2) is 6.48. The van der Waals surface area contributed by atoms with Crippen molar-refractivity contribution in [2.45, 2.75) is 70.7 Å². The number of piperidine rings is 1. The monoisotopic (exact) mass is 333 g/mol. The summed E-state index contributed by atoms with van der Waals surface area (Å²) in [6.45, 7) is 6.75. The zero-order valence-electron chi connectivity index (χ0n) is 14.6. The number of fused-ring (bicyclic) bond motifs is 1. The van der Waals surface area contributed by atoms with E-state index in [4.69, 9.17) is 9.26 Å².